The molecule has 0 spiro atoms. The molecular formula is C9H8N6. The summed E-state index contributed by atoms with van der Waals surface area (Å²) >= 11 is 0. The molecule has 6 nitrogen and oxygen atoms in total. The van der Waals surface area contributed by atoms with Crippen LogP contribution in [0.1, 0.15) is 0 Å². The summed E-state index contributed by atoms with van der Waals surface area (Å²) in [7, 11) is 0. The Morgan fingerprint density at radius 2 is 2.20 bits per heavy atom. The molecule has 6 heteroatoms. The predicted molar refractivity (Wildman–Crippen MR) is 55.8 cm³/mol. The largest absolute Gasteiger partial charge is 0.346 e. The second kappa shape index (κ2) is 3.09. The molecule has 15 heavy (non-hydrogen) atoms. The van der Waals surface area contributed by atoms with Crippen LogP contribution in [-0.2, 0) is 0 Å². The molecule has 0 fully saturated rings. The number of nitrogens with zero attached hydrogens (tertiary/aromatic N) is 3. The second-order valence-corrected chi connectivity index (χ2v) is 3.06. The average Bonchev–Trinajstić information content (AvgIpc) is 2.87. The monoisotopic (exact) mass is 200 g/mol. The fourth-order valence-corrected chi connectivity index (χ4v) is 1.43. The van der Waals surface area contributed by atoms with Gasteiger partial charge in [-0.05, 0) is 6.07 Å². The van der Waals surface area contributed by atoms with Crippen LogP contribution in [0, 0.1) is 0 Å². The van der Waals surface area contributed by atoms with Gasteiger partial charge in [0, 0.05) is 12.3 Å². The Kier molecular flexibility index (Phi) is 1.64. The summed E-state index contributed by atoms with van der Waals surface area (Å²) in [5, 5.41) is 10.7. The number of nitrogens with one attached hydrogen (secondary N) is 3. The van der Waals surface area contributed by atoms with E-state index < -0.39 is 0 Å². The van der Waals surface area contributed by atoms with Crippen molar-refractivity contribution in [3.05, 3.63) is 30.9 Å². The number of anilines is 2. The van der Waals surface area contributed by atoms with Crippen LogP contribution in [0.5, 0.6) is 0 Å². The molecule has 74 valence electrons. The molecule has 0 bridgehead atoms. The predicted octanol–water partition coefficient (Wildman–Crippen LogP) is 1.42. The van der Waals surface area contributed by atoms with Crippen molar-refractivity contribution in [1.29, 1.82) is 0 Å². The highest BCUT2D eigenvalue weighted by molar-refractivity contribution is 5.88. The highest BCUT2D eigenvalue weighted by Gasteiger charge is 2.04. The topological polar surface area (TPSA) is 82.3 Å². The second-order valence-electron chi connectivity index (χ2n) is 3.06. The van der Waals surface area contributed by atoms with E-state index in [1.807, 2.05) is 18.3 Å². The molecule has 0 atom stereocenters. The zero-order chi connectivity index (χ0) is 10.1. The van der Waals surface area contributed by atoms with E-state index in [2.05, 4.69) is 30.5 Å². The SMILES string of the molecule is c1cc(Nc2ncnc3[nH]ccc23)[nH]n1. The average molecular weight is 200 g/mol. The normalized spacial score (nSPS) is 10.7. The van der Waals surface area contributed by atoms with Crippen LogP contribution in [0.2, 0.25) is 0 Å². The summed E-state index contributed by atoms with van der Waals surface area (Å²) in [6.07, 6.45) is 5.02. The quantitative estimate of drug-likeness (QED) is 0.584. The summed E-state index contributed by atoms with van der Waals surface area (Å²) in [5.41, 5.74) is 0.812. The van der Waals surface area contributed by atoms with Crippen molar-refractivity contribution in [2.45, 2.75) is 0 Å². The Hall–Kier alpha value is -2.37. The van der Waals surface area contributed by atoms with E-state index in [9.17, 15) is 0 Å². The zero-order valence-corrected chi connectivity index (χ0v) is 7.73. The van der Waals surface area contributed by atoms with Crippen LogP contribution in [0.25, 0.3) is 11.0 Å². The standard InChI is InChI=1S/C9H8N6/c1-3-10-8-6(1)9(12-5-11-8)14-7-2-4-13-15-7/h1-5H,(H3,10,11,12,13,14,15). The number of fused-ring (bicyclic) bond motifs is 1. The van der Waals surface area contributed by atoms with Crippen molar-refractivity contribution in [2.75, 3.05) is 5.32 Å². The zero-order valence-electron chi connectivity index (χ0n) is 7.73. The smallest absolute Gasteiger partial charge is 0.144 e. The van der Waals surface area contributed by atoms with Crippen molar-refractivity contribution in [3.63, 3.8) is 0 Å². The maximum atomic E-state index is 4.16. The molecule has 3 heterocycles. The van der Waals surface area contributed by atoms with Crippen molar-refractivity contribution in [2.24, 2.45) is 0 Å². The lowest BCUT2D eigenvalue weighted by atomic mass is 10.4. The molecule has 0 aliphatic carbocycles. The maximum Gasteiger partial charge on any atom is 0.144 e. The number of aromatic amines is 2. The molecule has 3 aromatic rings. The third kappa shape index (κ3) is 1.32. The van der Waals surface area contributed by atoms with Gasteiger partial charge in [-0.1, -0.05) is 0 Å². The molecule has 3 rings (SSSR count). The summed E-state index contributed by atoms with van der Waals surface area (Å²) in [5.74, 6) is 1.56. The summed E-state index contributed by atoms with van der Waals surface area (Å²) in [6.45, 7) is 0. The van der Waals surface area contributed by atoms with Crippen LogP contribution in [0.15, 0.2) is 30.9 Å². The Labute approximate surface area is 84.8 Å². The maximum absolute atomic E-state index is 4.16. The van der Waals surface area contributed by atoms with Gasteiger partial charge in [0.25, 0.3) is 0 Å². The number of aromatic nitrogens is 5. The molecule has 0 amide bonds. The fourth-order valence-electron chi connectivity index (χ4n) is 1.43. The lowest BCUT2D eigenvalue weighted by Crippen LogP contribution is -1.95. The first-order valence-electron chi connectivity index (χ1n) is 4.48. The van der Waals surface area contributed by atoms with Gasteiger partial charge in [0.1, 0.15) is 23.6 Å². The van der Waals surface area contributed by atoms with E-state index in [4.69, 9.17) is 0 Å². The lowest BCUT2D eigenvalue weighted by Gasteiger charge is -2.02. The minimum absolute atomic E-state index is 0.755. The van der Waals surface area contributed by atoms with E-state index in [-0.39, 0.29) is 0 Å². The van der Waals surface area contributed by atoms with E-state index >= 15 is 0 Å². The van der Waals surface area contributed by atoms with Gasteiger partial charge in [0.2, 0.25) is 0 Å². The van der Waals surface area contributed by atoms with Crippen LogP contribution in [-0.4, -0.2) is 25.1 Å². The molecule has 0 unspecified atom stereocenters. The Morgan fingerprint density at radius 3 is 3.07 bits per heavy atom. The van der Waals surface area contributed by atoms with Gasteiger partial charge in [-0.25, -0.2) is 9.97 Å². The van der Waals surface area contributed by atoms with E-state index in [1.54, 1.807) is 6.20 Å². The fraction of sp³-hybridized carbons (Fsp3) is 0. The number of H-pyrrole nitrogens is 2. The van der Waals surface area contributed by atoms with E-state index in [1.165, 1.54) is 6.33 Å². The minimum Gasteiger partial charge on any atom is -0.346 e. The summed E-state index contributed by atoms with van der Waals surface area (Å²) < 4.78 is 0. The highest BCUT2D eigenvalue weighted by Crippen LogP contribution is 2.20. The summed E-state index contributed by atoms with van der Waals surface area (Å²) in [4.78, 5) is 11.3. The first-order valence-corrected chi connectivity index (χ1v) is 4.48. The van der Waals surface area contributed by atoms with Gasteiger partial charge >= 0.3 is 0 Å². The molecular weight excluding hydrogens is 192 g/mol. The third-order valence-corrected chi connectivity index (χ3v) is 2.11. The lowest BCUT2D eigenvalue weighted by molar-refractivity contribution is 1.09. The molecule has 0 saturated heterocycles. The van der Waals surface area contributed by atoms with Crippen molar-refractivity contribution in [1.82, 2.24) is 25.1 Å². The highest BCUT2D eigenvalue weighted by atomic mass is 15.2. The molecule has 3 aromatic heterocycles. The van der Waals surface area contributed by atoms with Crippen LogP contribution in [0.3, 0.4) is 0 Å². The van der Waals surface area contributed by atoms with Gasteiger partial charge in [-0.2, -0.15) is 5.10 Å². The van der Waals surface area contributed by atoms with Crippen molar-refractivity contribution < 1.29 is 0 Å². The summed E-state index contributed by atoms with van der Waals surface area (Å²) in [6, 6.07) is 3.76. The Balaban J connectivity index is 2.07. The number of hydrogen-bond donors (Lipinski definition) is 3. The molecule has 0 aliphatic rings. The Bertz CT molecular complexity index is 567. The van der Waals surface area contributed by atoms with Gasteiger partial charge in [0.15, 0.2) is 0 Å². The number of hydrogen-bond acceptors (Lipinski definition) is 4. The molecule has 3 N–H and O–H groups in total. The van der Waals surface area contributed by atoms with Crippen LogP contribution >= 0.6 is 0 Å². The molecule has 0 radical (unpaired) electrons. The molecule has 0 aromatic carbocycles. The third-order valence-electron chi connectivity index (χ3n) is 2.11. The van der Waals surface area contributed by atoms with Crippen molar-refractivity contribution in [3.8, 4) is 0 Å². The first-order chi connectivity index (χ1) is 7.43. The van der Waals surface area contributed by atoms with Gasteiger partial charge < -0.3 is 10.3 Å². The van der Waals surface area contributed by atoms with E-state index in [0.717, 1.165) is 22.7 Å². The first kappa shape index (κ1) is 7.98. The van der Waals surface area contributed by atoms with Crippen LogP contribution in [0.4, 0.5) is 11.6 Å². The number of rotatable bonds is 2. The minimum atomic E-state index is 0.755. The van der Waals surface area contributed by atoms with Crippen molar-refractivity contribution >= 4 is 22.7 Å². The van der Waals surface area contributed by atoms with Crippen LogP contribution < -0.4 is 5.32 Å². The molecule has 0 saturated carbocycles. The van der Waals surface area contributed by atoms with Gasteiger partial charge in [-0.15, -0.1) is 0 Å². The Morgan fingerprint density at radius 1 is 1.20 bits per heavy atom. The van der Waals surface area contributed by atoms with Gasteiger partial charge in [-0.3, -0.25) is 5.10 Å². The van der Waals surface area contributed by atoms with E-state index in [0.29, 0.717) is 0 Å². The molecule has 0 aliphatic heterocycles. The van der Waals surface area contributed by atoms with Gasteiger partial charge in [0.05, 0.1) is 11.6 Å².